The molecule has 1 aliphatic rings. The van der Waals surface area contributed by atoms with Crippen LogP contribution in [0.25, 0.3) is 0 Å². The second-order valence-electron chi connectivity index (χ2n) is 4.39. The molecule has 0 aliphatic carbocycles. The summed E-state index contributed by atoms with van der Waals surface area (Å²) in [5.74, 6) is -0.288. The molecule has 1 saturated heterocycles. The first kappa shape index (κ1) is 11.9. The van der Waals surface area contributed by atoms with Gasteiger partial charge in [-0.1, -0.05) is 25.0 Å². The lowest BCUT2D eigenvalue weighted by molar-refractivity contribution is 0.125. The molecular formula is C13H16FNO2. The van der Waals surface area contributed by atoms with E-state index in [-0.39, 0.29) is 11.9 Å². The summed E-state index contributed by atoms with van der Waals surface area (Å²) in [6.07, 6.45) is 2.91. The number of carboxylic acid groups (broad SMARTS) is 1. The van der Waals surface area contributed by atoms with Gasteiger partial charge in [-0.2, -0.15) is 0 Å². The van der Waals surface area contributed by atoms with Gasteiger partial charge in [0.2, 0.25) is 0 Å². The van der Waals surface area contributed by atoms with Crippen LogP contribution in [-0.4, -0.2) is 22.6 Å². The van der Waals surface area contributed by atoms with Crippen molar-refractivity contribution < 1.29 is 14.3 Å². The predicted octanol–water partition coefficient (Wildman–Crippen LogP) is 3.42. The van der Waals surface area contributed by atoms with E-state index in [9.17, 15) is 14.3 Å². The van der Waals surface area contributed by atoms with E-state index in [0.29, 0.717) is 6.54 Å². The van der Waals surface area contributed by atoms with Crippen LogP contribution >= 0.6 is 0 Å². The molecule has 3 nitrogen and oxygen atoms in total. The number of rotatable bonds is 1. The molecule has 17 heavy (non-hydrogen) atoms. The first-order valence-electron chi connectivity index (χ1n) is 5.93. The maximum Gasteiger partial charge on any atom is 0.407 e. The van der Waals surface area contributed by atoms with E-state index in [1.54, 1.807) is 12.1 Å². The Bertz CT molecular complexity index is 391. The monoisotopic (exact) mass is 237 g/mol. The molecule has 0 spiro atoms. The Hall–Kier alpha value is -1.58. The molecule has 92 valence electrons. The fraction of sp³-hybridized carbons (Fsp3) is 0.462. The Morgan fingerprint density at radius 3 is 2.59 bits per heavy atom. The van der Waals surface area contributed by atoms with Crippen LogP contribution in [0.2, 0.25) is 0 Å². The highest BCUT2D eigenvalue weighted by molar-refractivity contribution is 5.65. The lowest BCUT2D eigenvalue weighted by Gasteiger charge is -2.27. The second kappa shape index (κ2) is 5.17. The molecule has 1 aromatic carbocycles. The molecule has 0 aromatic heterocycles. The van der Waals surface area contributed by atoms with Crippen molar-refractivity contribution in [3.8, 4) is 0 Å². The molecule has 1 amide bonds. The molecule has 1 fully saturated rings. The van der Waals surface area contributed by atoms with E-state index in [0.717, 1.165) is 31.2 Å². The van der Waals surface area contributed by atoms with Gasteiger partial charge in [-0.25, -0.2) is 9.18 Å². The van der Waals surface area contributed by atoms with Crippen molar-refractivity contribution in [2.24, 2.45) is 0 Å². The molecule has 0 radical (unpaired) electrons. The van der Waals surface area contributed by atoms with Gasteiger partial charge in [0.1, 0.15) is 5.82 Å². The largest absolute Gasteiger partial charge is 0.465 e. The van der Waals surface area contributed by atoms with Gasteiger partial charge in [0.25, 0.3) is 0 Å². The topological polar surface area (TPSA) is 40.5 Å². The average Bonchev–Trinajstić information content (AvgIpc) is 2.55. The molecule has 2 rings (SSSR count). The van der Waals surface area contributed by atoms with Gasteiger partial charge in [0.15, 0.2) is 0 Å². The van der Waals surface area contributed by atoms with Crippen molar-refractivity contribution in [2.75, 3.05) is 6.54 Å². The fourth-order valence-corrected chi connectivity index (χ4v) is 2.37. The summed E-state index contributed by atoms with van der Waals surface area (Å²) >= 11 is 0. The summed E-state index contributed by atoms with van der Waals surface area (Å²) in [4.78, 5) is 12.7. The summed E-state index contributed by atoms with van der Waals surface area (Å²) in [6.45, 7) is 0.567. The minimum absolute atomic E-state index is 0.129. The zero-order valence-corrected chi connectivity index (χ0v) is 9.60. The Morgan fingerprint density at radius 2 is 1.94 bits per heavy atom. The van der Waals surface area contributed by atoms with Gasteiger partial charge >= 0.3 is 6.09 Å². The molecule has 1 aromatic rings. The Labute approximate surface area is 99.9 Å². The Kier molecular flexibility index (Phi) is 3.61. The van der Waals surface area contributed by atoms with Gasteiger partial charge in [-0.05, 0) is 30.5 Å². The number of nitrogens with zero attached hydrogens (tertiary/aromatic N) is 1. The third kappa shape index (κ3) is 2.75. The fourth-order valence-electron chi connectivity index (χ4n) is 2.37. The quantitative estimate of drug-likeness (QED) is 0.813. The van der Waals surface area contributed by atoms with Gasteiger partial charge in [0.05, 0.1) is 6.04 Å². The Balaban J connectivity index is 2.25. The van der Waals surface area contributed by atoms with Crippen LogP contribution in [0.5, 0.6) is 0 Å². The maximum atomic E-state index is 12.9. The number of carbonyl (C=O) groups is 1. The zero-order valence-electron chi connectivity index (χ0n) is 9.60. The van der Waals surface area contributed by atoms with E-state index in [1.807, 2.05) is 0 Å². The minimum Gasteiger partial charge on any atom is -0.465 e. The lowest BCUT2D eigenvalue weighted by Crippen LogP contribution is -2.33. The van der Waals surface area contributed by atoms with Crippen LogP contribution in [0, 0.1) is 5.82 Å². The molecule has 0 saturated carbocycles. The number of likely N-dealkylation sites (tertiary alicyclic amines) is 1. The second-order valence-corrected chi connectivity index (χ2v) is 4.39. The molecular weight excluding hydrogens is 221 g/mol. The molecule has 4 heteroatoms. The molecule has 1 aliphatic heterocycles. The molecule has 1 atom stereocenters. The van der Waals surface area contributed by atoms with Crippen LogP contribution in [0.3, 0.4) is 0 Å². The summed E-state index contributed by atoms with van der Waals surface area (Å²) in [6, 6.07) is 6.01. The van der Waals surface area contributed by atoms with Crippen LogP contribution in [0.1, 0.15) is 37.3 Å². The van der Waals surface area contributed by atoms with Crippen molar-refractivity contribution in [2.45, 2.75) is 31.7 Å². The highest BCUT2D eigenvalue weighted by Crippen LogP contribution is 2.30. The van der Waals surface area contributed by atoms with Crippen molar-refractivity contribution in [3.05, 3.63) is 35.6 Å². The normalized spacial score (nSPS) is 21.0. The molecule has 1 N–H and O–H groups in total. The standard InChI is InChI=1S/C13H16FNO2/c14-11-7-5-10(6-8-11)12-4-2-1-3-9-15(12)13(16)17/h5-8,12H,1-4,9H2,(H,16,17). The van der Waals surface area contributed by atoms with E-state index in [2.05, 4.69) is 0 Å². The summed E-state index contributed by atoms with van der Waals surface area (Å²) in [7, 11) is 0. The number of amides is 1. The molecule has 1 heterocycles. The third-order valence-corrected chi connectivity index (χ3v) is 3.25. The van der Waals surface area contributed by atoms with Gasteiger partial charge in [0, 0.05) is 6.54 Å². The first-order valence-corrected chi connectivity index (χ1v) is 5.93. The highest BCUT2D eigenvalue weighted by Gasteiger charge is 2.26. The minimum atomic E-state index is -0.888. The van der Waals surface area contributed by atoms with Crippen molar-refractivity contribution in [3.63, 3.8) is 0 Å². The molecule has 0 bridgehead atoms. The number of hydrogen-bond donors (Lipinski definition) is 1. The highest BCUT2D eigenvalue weighted by atomic mass is 19.1. The third-order valence-electron chi connectivity index (χ3n) is 3.25. The van der Waals surface area contributed by atoms with E-state index >= 15 is 0 Å². The lowest BCUT2D eigenvalue weighted by atomic mass is 10.0. The Morgan fingerprint density at radius 1 is 1.24 bits per heavy atom. The van der Waals surface area contributed by atoms with Gasteiger partial charge < -0.3 is 10.0 Å². The van der Waals surface area contributed by atoms with Crippen molar-refractivity contribution >= 4 is 6.09 Å². The van der Waals surface area contributed by atoms with Gasteiger partial charge in [-0.15, -0.1) is 0 Å². The zero-order chi connectivity index (χ0) is 12.3. The molecule has 1 unspecified atom stereocenters. The van der Waals surface area contributed by atoms with Crippen molar-refractivity contribution in [1.29, 1.82) is 0 Å². The maximum absolute atomic E-state index is 12.9. The summed E-state index contributed by atoms with van der Waals surface area (Å²) in [5.41, 5.74) is 0.885. The summed E-state index contributed by atoms with van der Waals surface area (Å²) in [5, 5.41) is 9.20. The van der Waals surface area contributed by atoms with E-state index in [1.165, 1.54) is 17.0 Å². The number of halogens is 1. The van der Waals surface area contributed by atoms with Crippen LogP contribution in [-0.2, 0) is 0 Å². The van der Waals surface area contributed by atoms with Gasteiger partial charge in [-0.3, -0.25) is 0 Å². The van der Waals surface area contributed by atoms with Crippen LogP contribution < -0.4 is 0 Å². The van der Waals surface area contributed by atoms with Crippen LogP contribution in [0.4, 0.5) is 9.18 Å². The average molecular weight is 237 g/mol. The number of benzene rings is 1. The summed E-state index contributed by atoms with van der Waals surface area (Å²) < 4.78 is 12.9. The SMILES string of the molecule is O=C(O)N1CCCCCC1c1ccc(F)cc1. The smallest absolute Gasteiger partial charge is 0.407 e. The first-order chi connectivity index (χ1) is 8.18. The van der Waals surface area contributed by atoms with Crippen molar-refractivity contribution in [1.82, 2.24) is 4.90 Å². The predicted molar refractivity (Wildman–Crippen MR) is 62.3 cm³/mol. The van der Waals surface area contributed by atoms with E-state index < -0.39 is 6.09 Å². The van der Waals surface area contributed by atoms with E-state index in [4.69, 9.17) is 0 Å². The van der Waals surface area contributed by atoms with Crippen LogP contribution in [0.15, 0.2) is 24.3 Å². The number of hydrogen-bond acceptors (Lipinski definition) is 1.